The van der Waals surface area contributed by atoms with Gasteiger partial charge in [0.2, 0.25) is 5.95 Å². The molecule has 0 saturated heterocycles. The van der Waals surface area contributed by atoms with E-state index in [-0.39, 0.29) is 6.04 Å². The smallest absolute Gasteiger partial charge is 0.226 e. The molecule has 6 nitrogen and oxygen atoms in total. The van der Waals surface area contributed by atoms with Crippen LogP contribution < -0.4 is 21.1 Å². The number of aromatic nitrogens is 2. The van der Waals surface area contributed by atoms with Crippen molar-refractivity contribution in [3.05, 3.63) is 102 Å². The molecular formula is C27H26N6. The number of nitrogens with one attached hydrogen (secondary N) is 3. The van der Waals surface area contributed by atoms with Crippen LogP contribution in [0.3, 0.4) is 0 Å². The van der Waals surface area contributed by atoms with E-state index < -0.39 is 0 Å². The molecule has 0 spiro atoms. The van der Waals surface area contributed by atoms with Gasteiger partial charge in [-0.1, -0.05) is 84.9 Å². The standard InChI is InChI=1S/C27H26N6/c1-3-7-20(8-4-1)18-33-16-15-23-24-25(32-31-23)29-27(30-26(24)33)28-17-19-11-13-22(14-12-19)21-9-5-2-6-10-21/h1-14,23,31H,15-18H2,(H2,28,29,30,32). The number of anilines is 3. The van der Waals surface area contributed by atoms with Gasteiger partial charge in [0.25, 0.3) is 0 Å². The highest BCUT2D eigenvalue weighted by molar-refractivity contribution is 5.67. The van der Waals surface area contributed by atoms with Crippen LogP contribution >= 0.6 is 0 Å². The van der Waals surface area contributed by atoms with E-state index in [0.29, 0.717) is 12.5 Å². The first-order valence-corrected chi connectivity index (χ1v) is 11.4. The summed E-state index contributed by atoms with van der Waals surface area (Å²) in [5.74, 6) is 2.54. The van der Waals surface area contributed by atoms with Gasteiger partial charge in [0.05, 0.1) is 11.6 Å². The van der Waals surface area contributed by atoms with Gasteiger partial charge in [0.15, 0.2) is 5.82 Å². The van der Waals surface area contributed by atoms with E-state index in [1.165, 1.54) is 27.8 Å². The van der Waals surface area contributed by atoms with E-state index >= 15 is 0 Å². The molecule has 33 heavy (non-hydrogen) atoms. The zero-order valence-electron chi connectivity index (χ0n) is 18.3. The summed E-state index contributed by atoms with van der Waals surface area (Å²) in [5.41, 5.74) is 12.7. The Bertz CT molecular complexity index is 1240. The molecule has 2 aliphatic rings. The van der Waals surface area contributed by atoms with Gasteiger partial charge >= 0.3 is 0 Å². The zero-order valence-corrected chi connectivity index (χ0v) is 18.3. The number of rotatable bonds is 6. The van der Waals surface area contributed by atoms with Crippen LogP contribution in [0, 0.1) is 0 Å². The highest BCUT2D eigenvalue weighted by atomic mass is 15.4. The minimum Gasteiger partial charge on any atom is -0.352 e. The van der Waals surface area contributed by atoms with Crippen molar-refractivity contribution >= 4 is 17.6 Å². The van der Waals surface area contributed by atoms with Crippen LogP contribution in [0.25, 0.3) is 11.1 Å². The monoisotopic (exact) mass is 434 g/mol. The maximum Gasteiger partial charge on any atom is 0.226 e. The molecule has 6 heteroatoms. The van der Waals surface area contributed by atoms with E-state index in [2.05, 4.69) is 99.9 Å². The molecule has 164 valence electrons. The van der Waals surface area contributed by atoms with Crippen LogP contribution in [0.5, 0.6) is 0 Å². The number of hydrogen-bond acceptors (Lipinski definition) is 6. The normalized spacial score (nSPS) is 16.2. The molecule has 0 aliphatic carbocycles. The van der Waals surface area contributed by atoms with Gasteiger partial charge in [-0.05, 0) is 28.7 Å². The van der Waals surface area contributed by atoms with Crippen molar-refractivity contribution in [2.24, 2.45) is 0 Å². The van der Waals surface area contributed by atoms with Gasteiger partial charge < -0.3 is 15.6 Å². The summed E-state index contributed by atoms with van der Waals surface area (Å²) in [6, 6.07) is 29.9. The molecule has 0 amide bonds. The molecule has 4 aromatic rings. The molecule has 1 atom stereocenters. The highest BCUT2D eigenvalue weighted by Crippen LogP contribution is 2.41. The van der Waals surface area contributed by atoms with Gasteiger partial charge in [0, 0.05) is 19.6 Å². The van der Waals surface area contributed by atoms with Gasteiger partial charge in [-0.25, -0.2) is 5.43 Å². The molecule has 1 aromatic heterocycles. The van der Waals surface area contributed by atoms with Crippen molar-refractivity contribution < 1.29 is 0 Å². The van der Waals surface area contributed by atoms with E-state index in [1.54, 1.807) is 0 Å². The third-order valence-electron chi connectivity index (χ3n) is 6.35. The van der Waals surface area contributed by atoms with Crippen LogP contribution in [0.4, 0.5) is 17.6 Å². The first-order chi connectivity index (χ1) is 16.3. The third-order valence-corrected chi connectivity index (χ3v) is 6.35. The van der Waals surface area contributed by atoms with Crippen LogP contribution in [0.15, 0.2) is 84.9 Å². The van der Waals surface area contributed by atoms with Crippen molar-refractivity contribution in [2.45, 2.75) is 25.6 Å². The van der Waals surface area contributed by atoms with Crippen LogP contribution in [-0.4, -0.2) is 16.5 Å². The maximum absolute atomic E-state index is 4.95. The predicted octanol–water partition coefficient (Wildman–Crippen LogP) is 5.14. The second-order valence-corrected chi connectivity index (χ2v) is 8.57. The molecule has 1 unspecified atom stereocenters. The Morgan fingerprint density at radius 1 is 0.818 bits per heavy atom. The quantitative estimate of drug-likeness (QED) is 0.391. The Morgan fingerprint density at radius 3 is 2.33 bits per heavy atom. The maximum atomic E-state index is 4.95. The molecule has 3 N–H and O–H groups in total. The van der Waals surface area contributed by atoms with Crippen molar-refractivity contribution in [3.8, 4) is 11.1 Å². The highest BCUT2D eigenvalue weighted by Gasteiger charge is 2.34. The second-order valence-electron chi connectivity index (χ2n) is 8.57. The minimum atomic E-state index is 0.265. The van der Waals surface area contributed by atoms with Crippen LogP contribution in [0.1, 0.15) is 29.2 Å². The summed E-state index contributed by atoms with van der Waals surface area (Å²) in [5, 5.41) is 3.43. The third kappa shape index (κ3) is 4.01. The van der Waals surface area contributed by atoms with Crippen molar-refractivity contribution in [1.29, 1.82) is 0 Å². The molecule has 0 fully saturated rings. The van der Waals surface area contributed by atoms with E-state index in [9.17, 15) is 0 Å². The molecule has 3 aromatic carbocycles. The lowest BCUT2D eigenvalue weighted by molar-refractivity contribution is 0.534. The van der Waals surface area contributed by atoms with Crippen molar-refractivity contribution in [2.75, 3.05) is 22.2 Å². The molecule has 6 rings (SSSR count). The lowest BCUT2D eigenvalue weighted by atomic mass is 10.0. The van der Waals surface area contributed by atoms with E-state index in [0.717, 1.165) is 31.1 Å². The Balaban J connectivity index is 1.21. The average molecular weight is 435 g/mol. The first-order valence-electron chi connectivity index (χ1n) is 11.4. The second kappa shape index (κ2) is 8.56. The van der Waals surface area contributed by atoms with Crippen LogP contribution in [0.2, 0.25) is 0 Å². The summed E-state index contributed by atoms with van der Waals surface area (Å²) in [7, 11) is 0. The molecule has 0 radical (unpaired) electrons. The Labute approximate surface area is 193 Å². The predicted molar refractivity (Wildman–Crippen MR) is 133 cm³/mol. The Hall–Kier alpha value is -3.90. The Morgan fingerprint density at radius 2 is 1.55 bits per heavy atom. The topological polar surface area (TPSA) is 65.1 Å². The number of hydrogen-bond donors (Lipinski definition) is 3. The van der Waals surface area contributed by atoms with Crippen molar-refractivity contribution in [3.63, 3.8) is 0 Å². The van der Waals surface area contributed by atoms with Gasteiger partial charge in [-0.2, -0.15) is 9.97 Å². The molecule has 0 saturated carbocycles. The molecular weight excluding hydrogens is 408 g/mol. The van der Waals surface area contributed by atoms with Gasteiger partial charge in [-0.15, -0.1) is 0 Å². The number of hydrazine groups is 1. The SMILES string of the molecule is c1ccc(CN2CCC3NNc4nc(NCc5ccc(-c6ccccc6)cc5)nc2c43)cc1. The van der Waals surface area contributed by atoms with Crippen molar-refractivity contribution in [1.82, 2.24) is 15.4 Å². The van der Waals surface area contributed by atoms with E-state index in [1.807, 2.05) is 6.07 Å². The largest absolute Gasteiger partial charge is 0.352 e. The average Bonchev–Trinajstić information content (AvgIpc) is 3.30. The lowest BCUT2D eigenvalue weighted by Crippen LogP contribution is -2.34. The Kier molecular flexibility index (Phi) is 5.13. The molecule has 2 aliphatic heterocycles. The van der Waals surface area contributed by atoms with Gasteiger partial charge in [-0.3, -0.25) is 0 Å². The summed E-state index contributed by atoms with van der Waals surface area (Å²) in [6.07, 6.45) is 1.03. The number of nitrogens with zero attached hydrogens (tertiary/aromatic N) is 3. The minimum absolute atomic E-state index is 0.265. The van der Waals surface area contributed by atoms with E-state index in [4.69, 9.17) is 9.97 Å². The summed E-state index contributed by atoms with van der Waals surface area (Å²) >= 11 is 0. The number of benzene rings is 3. The summed E-state index contributed by atoms with van der Waals surface area (Å²) < 4.78 is 0. The molecule has 0 bridgehead atoms. The lowest BCUT2D eigenvalue weighted by Gasteiger charge is -2.32. The van der Waals surface area contributed by atoms with Gasteiger partial charge in [0.1, 0.15) is 5.82 Å². The van der Waals surface area contributed by atoms with Crippen LogP contribution in [-0.2, 0) is 13.1 Å². The fourth-order valence-corrected chi connectivity index (χ4v) is 4.61. The first kappa shape index (κ1) is 19.8. The molecule has 3 heterocycles. The summed E-state index contributed by atoms with van der Waals surface area (Å²) in [6.45, 7) is 2.47. The fourth-order valence-electron chi connectivity index (χ4n) is 4.61. The zero-order chi connectivity index (χ0) is 22.0. The summed E-state index contributed by atoms with van der Waals surface area (Å²) in [4.78, 5) is 12.1. The fraction of sp³-hybridized carbons (Fsp3) is 0.185.